The smallest absolute Gasteiger partial charge is 0.305 e. The van der Waals surface area contributed by atoms with Crippen molar-refractivity contribution in [3.05, 3.63) is 75.5 Å². The minimum absolute atomic E-state index is 0.0190. The van der Waals surface area contributed by atoms with Gasteiger partial charge in [0.2, 0.25) is 0 Å². The molecule has 0 aliphatic rings. The Labute approximate surface area is 212 Å². The highest BCUT2D eigenvalue weighted by Crippen LogP contribution is 2.31. The molecule has 0 saturated carbocycles. The van der Waals surface area contributed by atoms with E-state index < -0.39 is 17.8 Å². The Morgan fingerprint density at radius 3 is 2.40 bits per heavy atom. The van der Waals surface area contributed by atoms with E-state index in [2.05, 4.69) is 0 Å². The molecule has 0 aliphatic carbocycles. The molecule has 0 fully saturated rings. The normalized spacial score (nSPS) is 12.1. The molecule has 1 atom stereocenters. The van der Waals surface area contributed by atoms with Crippen LogP contribution in [0, 0.1) is 5.82 Å². The number of halogens is 3. The number of hydrogen-bond donors (Lipinski definition) is 3. The predicted molar refractivity (Wildman–Crippen MR) is 132 cm³/mol. The number of hydrogen-bond acceptors (Lipinski definition) is 5. The van der Waals surface area contributed by atoms with Crippen LogP contribution in [-0.2, 0) is 17.9 Å². The number of aromatic nitrogens is 1. The molecule has 0 aliphatic heterocycles. The summed E-state index contributed by atoms with van der Waals surface area (Å²) in [6.07, 6.45) is 0.565. The van der Waals surface area contributed by atoms with Crippen molar-refractivity contribution >= 4 is 29.2 Å². The Kier molecular flexibility index (Phi) is 9.26. The maximum Gasteiger partial charge on any atom is 0.305 e. The van der Waals surface area contributed by atoms with Crippen molar-refractivity contribution in [1.29, 1.82) is 0 Å². The zero-order valence-corrected chi connectivity index (χ0v) is 20.6. The zero-order chi connectivity index (χ0) is 25.5. The van der Waals surface area contributed by atoms with Gasteiger partial charge in [0, 0.05) is 24.7 Å². The second-order valence-electron chi connectivity index (χ2n) is 8.07. The average molecular weight is 525 g/mol. The highest BCUT2D eigenvalue weighted by Gasteiger charge is 2.24. The van der Waals surface area contributed by atoms with Crippen molar-refractivity contribution in [1.82, 2.24) is 9.47 Å². The lowest BCUT2D eigenvalue weighted by Crippen LogP contribution is -2.31. The van der Waals surface area contributed by atoms with Gasteiger partial charge in [0.25, 0.3) is 0 Å². The van der Waals surface area contributed by atoms with E-state index in [1.807, 2.05) is 17.9 Å². The van der Waals surface area contributed by atoms with Crippen LogP contribution in [0.15, 0.2) is 48.5 Å². The Morgan fingerprint density at radius 2 is 1.80 bits per heavy atom. The van der Waals surface area contributed by atoms with Crippen LogP contribution in [0.1, 0.15) is 36.9 Å². The molecule has 0 bridgehead atoms. The molecule has 7 nitrogen and oxygen atoms in total. The van der Waals surface area contributed by atoms with Gasteiger partial charge < -0.3 is 20.1 Å². The number of carbonyl (C=O) groups is 1. The third-order valence-corrected chi connectivity index (χ3v) is 6.14. The first-order valence-electron chi connectivity index (χ1n) is 11.1. The highest BCUT2D eigenvalue weighted by molar-refractivity contribution is 6.32. The van der Waals surface area contributed by atoms with E-state index in [0.29, 0.717) is 29.4 Å². The molecular formula is C25H27Cl2FN2O5. The van der Waals surface area contributed by atoms with E-state index in [4.69, 9.17) is 27.9 Å². The Bertz CT molecular complexity index is 1150. The fourth-order valence-electron chi connectivity index (χ4n) is 3.89. The summed E-state index contributed by atoms with van der Waals surface area (Å²) in [5.41, 5.74) is 1.37. The van der Waals surface area contributed by atoms with Gasteiger partial charge in [-0.15, -0.1) is 0 Å². The SMILES string of the molecule is CCCN(Cc1ccc(OCCn2c(O)ccc2O)c(Cl)c1)C(CC(=O)O)c1ccc(Cl)c(F)c1. The number of carboxylic acid groups (broad SMARTS) is 1. The van der Waals surface area contributed by atoms with Crippen molar-refractivity contribution < 1.29 is 29.2 Å². The number of ether oxygens (including phenoxy) is 1. The summed E-state index contributed by atoms with van der Waals surface area (Å²) in [7, 11) is 0. The summed E-state index contributed by atoms with van der Waals surface area (Å²) in [6.45, 7) is 3.35. The van der Waals surface area contributed by atoms with Gasteiger partial charge in [0.15, 0.2) is 11.8 Å². The second-order valence-corrected chi connectivity index (χ2v) is 8.89. The van der Waals surface area contributed by atoms with E-state index in [0.717, 1.165) is 12.0 Å². The lowest BCUT2D eigenvalue weighted by atomic mass is 10.0. The topological polar surface area (TPSA) is 95.2 Å². The predicted octanol–water partition coefficient (Wildman–Crippen LogP) is 5.85. The van der Waals surface area contributed by atoms with Crippen LogP contribution >= 0.6 is 23.2 Å². The summed E-state index contributed by atoms with van der Waals surface area (Å²) in [5, 5.41) is 29.3. The third kappa shape index (κ3) is 7.04. The van der Waals surface area contributed by atoms with Gasteiger partial charge in [-0.2, -0.15) is 0 Å². The molecule has 0 amide bonds. The summed E-state index contributed by atoms with van der Waals surface area (Å²) in [6, 6.07) is 11.8. The standard InChI is InChI=1S/C25H27Cl2FN2O5/c1-2-9-29(21(14-25(33)34)17-4-5-18(26)20(28)13-17)15-16-3-6-22(19(27)12-16)35-11-10-30-23(31)7-8-24(30)32/h3-8,12-13,21,31-32H,2,9-11,14-15H2,1H3,(H,33,34). The van der Waals surface area contributed by atoms with Gasteiger partial charge in [-0.3, -0.25) is 14.3 Å². The number of carboxylic acids is 1. The monoisotopic (exact) mass is 524 g/mol. The van der Waals surface area contributed by atoms with Gasteiger partial charge in [-0.05, 0) is 48.4 Å². The lowest BCUT2D eigenvalue weighted by Gasteiger charge is -2.31. The molecule has 0 spiro atoms. The molecule has 3 aromatic rings. The molecule has 2 aromatic carbocycles. The number of aromatic hydroxyl groups is 2. The summed E-state index contributed by atoms with van der Waals surface area (Å²) >= 11 is 12.2. The quantitative estimate of drug-likeness (QED) is 0.275. The minimum atomic E-state index is -0.993. The number of aliphatic carboxylic acids is 1. The minimum Gasteiger partial charge on any atom is -0.494 e. The maximum atomic E-state index is 14.1. The van der Waals surface area contributed by atoms with E-state index in [1.165, 1.54) is 28.8 Å². The van der Waals surface area contributed by atoms with Crippen molar-refractivity contribution in [3.63, 3.8) is 0 Å². The van der Waals surface area contributed by atoms with Gasteiger partial charge in [-0.25, -0.2) is 4.39 Å². The van der Waals surface area contributed by atoms with Crippen LogP contribution in [0.5, 0.6) is 17.5 Å². The molecule has 1 unspecified atom stereocenters. The first kappa shape index (κ1) is 26.7. The van der Waals surface area contributed by atoms with E-state index in [9.17, 15) is 24.5 Å². The van der Waals surface area contributed by atoms with Crippen LogP contribution in [0.3, 0.4) is 0 Å². The van der Waals surface area contributed by atoms with Crippen LogP contribution in [0.2, 0.25) is 10.0 Å². The Balaban J connectivity index is 1.74. The molecule has 188 valence electrons. The van der Waals surface area contributed by atoms with Crippen LogP contribution in [0.25, 0.3) is 0 Å². The van der Waals surface area contributed by atoms with E-state index in [1.54, 1.807) is 18.2 Å². The highest BCUT2D eigenvalue weighted by atomic mass is 35.5. The van der Waals surface area contributed by atoms with Gasteiger partial charge >= 0.3 is 5.97 Å². The van der Waals surface area contributed by atoms with E-state index >= 15 is 0 Å². The molecule has 10 heteroatoms. The molecule has 3 rings (SSSR count). The summed E-state index contributed by atoms with van der Waals surface area (Å²) in [5.74, 6) is -1.29. The largest absolute Gasteiger partial charge is 0.494 e. The van der Waals surface area contributed by atoms with Crippen molar-refractivity contribution in [3.8, 4) is 17.5 Å². The second kappa shape index (κ2) is 12.2. The molecular weight excluding hydrogens is 498 g/mol. The fraction of sp³-hybridized carbons (Fsp3) is 0.320. The van der Waals surface area contributed by atoms with Crippen LogP contribution in [0.4, 0.5) is 4.39 Å². The Hall–Kier alpha value is -2.94. The number of nitrogens with zero attached hydrogens (tertiary/aromatic N) is 2. The van der Waals surface area contributed by atoms with Crippen molar-refractivity contribution in [2.24, 2.45) is 0 Å². The molecule has 1 heterocycles. The molecule has 35 heavy (non-hydrogen) atoms. The van der Waals surface area contributed by atoms with Crippen LogP contribution in [-0.4, -0.2) is 43.9 Å². The lowest BCUT2D eigenvalue weighted by molar-refractivity contribution is -0.138. The fourth-order valence-corrected chi connectivity index (χ4v) is 4.27. The first-order valence-corrected chi connectivity index (χ1v) is 11.8. The van der Waals surface area contributed by atoms with Crippen molar-refractivity contribution in [2.75, 3.05) is 13.2 Å². The summed E-state index contributed by atoms with van der Waals surface area (Å²) in [4.78, 5) is 13.6. The molecule has 0 radical (unpaired) electrons. The molecule has 1 aromatic heterocycles. The van der Waals surface area contributed by atoms with Gasteiger partial charge in [-0.1, -0.05) is 42.3 Å². The van der Waals surface area contributed by atoms with Crippen molar-refractivity contribution in [2.45, 2.75) is 38.9 Å². The zero-order valence-electron chi connectivity index (χ0n) is 19.1. The van der Waals surface area contributed by atoms with Crippen LogP contribution < -0.4 is 4.74 Å². The molecule has 0 saturated heterocycles. The third-order valence-electron chi connectivity index (χ3n) is 5.54. The van der Waals surface area contributed by atoms with E-state index in [-0.39, 0.29) is 36.4 Å². The maximum absolute atomic E-state index is 14.1. The Morgan fingerprint density at radius 1 is 1.09 bits per heavy atom. The summed E-state index contributed by atoms with van der Waals surface area (Å²) < 4.78 is 21.1. The molecule has 3 N–H and O–H groups in total. The van der Waals surface area contributed by atoms with Gasteiger partial charge in [0.05, 0.1) is 23.0 Å². The first-order chi connectivity index (χ1) is 16.7. The number of rotatable bonds is 12. The average Bonchev–Trinajstić information content (AvgIpc) is 3.12. The number of benzene rings is 2. The van der Waals surface area contributed by atoms with Gasteiger partial charge in [0.1, 0.15) is 18.2 Å².